The van der Waals surface area contributed by atoms with Gasteiger partial charge in [-0.2, -0.15) is 0 Å². The van der Waals surface area contributed by atoms with Gasteiger partial charge >= 0.3 is 0 Å². The first kappa shape index (κ1) is 18.5. The van der Waals surface area contributed by atoms with E-state index < -0.39 is 0 Å². The number of fused-ring (bicyclic) bond motifs is 1. The number of benzene rings is 1. The maximum absolute atomic E-state index is 12.6. The van der Waals surface area contributed by atoms with Gasteiger partial charge in [-0.25, -0.2) is 0 Å². The van der Waals surface area contributed by atoms with Gasteiger partial charge in [0.15, 0.2) is 11.5 Å². The van der Waals surface area contributed by atoms with E-state index in [4.69, 9.17) is 19.3 Å². The molecule has 2 N–H and O–H groups in total. The fraction of sp³-hybridized carbons (Fsp3) is 0.650. The molecule has 7 heteroatoms. The van der Waals surface area contributed by atoms with Crippen molar-refractivity contribution in [3.8, 4) is 11.5 Å². The minimum Gasteiger partial charge on any atom is -0.454 e. The van der Waals surface area contributed by atoms with Gasteiger partial charge in [0.25, 0.3) is 0 Å². The van der Waals surface area contributed by atoms with Crippen molar-refractivity contribution in [2.75, 3.05) is 33.1 Å². The number of ether oxygens (including phenoxy) is 3. The van der Waals surface area contributed by atoms with Crippen LogP contribution in [0.25, 0.3) is 0 Å². The number of rotatable bonds is 6. The summed E-state index contributed by atoms with van der Waals surface area (Å²) >= 11 is 0. The minimum absolute atomic E-state index is 0.00680. The van der Waals surface area contributed by atoms with Crippen molar-refractivity contribution in [2.24, 2.45) is 5.41 Å². The molecule has 0 bridgehead atoms. The number of aliphatic hydroxyl groups is 2. The first-order valence-electron chi connectivity index (χ1n) is 9.69. The molecule has 2 heterocycles. The molecule has 1 saturated heterocycles. The van der Waals surface area contributed by atoms with Crippen LogP contribution in [0.1, 0.15) is 31.2 Å². The molecule has 1 aromatic rings. The van der Waals surface area contributed by atoms with E-state index in [0.717, 1.165) is 29.9 Å². The van der Waals surface area contributed by atoms with Gasteiger partial charge < -0.3 is 29.3 Å². The summed E-state index contributed by atoms with van der Waals surface area (Å²) < 4.78 is 16.4. The Morgan fingerprint density at radius 2 is 2.04 bits per heavy atom. The third-order valence-corrected chi connectivity index (χ3v) is 6.26. The molecule has 2 fully saturated rings. The average molecular weight is 377 g/mol. The van der Waals surface area contributed by atoms with Crippen LogP contribution in [0.4, 0.5) is 0 Å². The molecule has 0 radical (unpaired) electrons. The monoisotopic (exact) mass is 377 g/mol. The number of aliphatic hydroxyl groups excluding tert-OH is 2. The van der Waals surface area contributed by atoms with Crippen LogP contribution in [0.5, 0.6) is 11.5 Å². The number of amides is 1. The van der Waals surface area contributed by atoms with Gasteiger partial charge in [-0.1, -0.05) is 6.07 Å². The number of carbonyl (C=O) groups excluding carboxylic acids is 1. The standard InChI is InChI=1S/C20H27NO6/c22-9-10-25-18-12-17(23)20(18)5-7-21(8-6-20)19(24)4-2-14-1-3-15-16(11-14)27-13-26-15/h1,3,11,17-18,22-23H,2,4-10,12-13H2. The zero-order chi connectivity index (χ0) is 18.9. The third-order valence-electron chi connectivity index (χ3n) is 6.26. The fourth-order valence-corrected chi connectivity index (χ4v) is 4.49. The smallest absolute Gasteiger partial charge is 0.231 e. The Bertz CT molecular complexity index is 685. The number of hydrogen-bond acceptors (Lipinski definition) is 6. The van der Waals surface area contributed by atoms with E-state index in [1.54, 1.807) is 0 Å². The van der Waals surface area contributed by atoms with Crippen molar-refractivity contribution in [2.45, 2.75) is 44.3 Å². The molecule has 2 atom stereocenters. The Morgan fingerprint density at radius 1 is 1.26 bits per heavy atom. The summed E-state index contributed by atoms with van der Waals surface area (Å²) in [5.74, 6) is 1.64. The molecule has 148 valence electrons. The highest BCUT2D eigenvalue weighted by atomic mass is 16.7. The van der Waals surface area contributed by atoms with Crippen molar-refractivity contribution in [1.82, 2.24) is 4.90 Å². The normalized spacial score (nSPS) is 25.5. The summed E-state index contributed by atoms with van der Waals surface area (Å²) in [6.45, 7) is 1.85. The molecule has 3 aliphatic rings. The van der Waals surface area contributed by atoms with E-state index in [0.29, 0.717) is 39.0 Å². The first-order chi connectivity index (χ1) is 13.1. The van der Waals surface area contributed by atoms with E-state index in [1.165, 1.54) is 0 Å². The van der Waals surface area contributed by atoms with Crippen LogP contribution in [-0.4, -0.2) is 66.3 Å². The second-order valence-corrected chi connectivity index (χ2v) is 7.64. The van der Waals surface area contributed by atoms with E-state index in [1.807, 2.05) is 23.1 Å². The third kappa shape index (κ3) is 3.51. The van der Waals surface area contributed by atoms with Crippen LogP contribution in [-0.2, 0) is 16.0 Å². The van der Waals surface area contributed by atoms with E-state index in [2.05, 4.69) is 0 Å². The molecule has 1 aliphatic carbocycles. The van der Waals surface area contributed by atoms with Gasteiger partial charge in [-0.3, -0.25) is 4.79 Å². The Labute approximate surface area is 158 Å². The molecular formula is C20H27NO6. The number of carbonyl (C=O) groups is 1. The highest BCUT2D eigenvalue weighted by molar-refractivity contribution is 5.76. The van der Waals surface area contributed by atoms with Crippen LogP contribution < -0.4 is 9.47 Å². The predicted molar refractivity (Wildman–Crippen MR) is 96.6 cm³/mol. The highest BCUT2D eigenvalue weighted by Gasteiger charge is 2.56. The Hall–Kier alpha value is -1.83. The van der Waals surface area contributed by atoms with Gasteiger partial charge in [0.05, 0.1) is 25.4 Å². The number of hydrogen-bond donors (Lipinski definition) is 2. The number of nitrogens with zero attached hydrogens (tertiary/aromatic N) is 1. The Balaban J connectivity index is 1.27. The Morgan fingerprint density at radius 3 is 2.78 bits per heavy atom. The molecule has 27 heavy (non-hydrogen) atoms. The van der Waals surface area contributed by atoms with Gasteiger partial charge in [-0.15, -0.1) is 0 Å². The van der Waals surface area contributed by atoms with Crippen molar-refractivity contribution >= 4 is 5.91 Å². The van der Waals surface area contributed by atoms with Crippen molar-refractivity contribution < 1.29 is 29.2 Å². The van der Waals surface area contributed by atoms with E-state index >= 15 is 0 Å². The molecule has 1 amide bonds. The molecule has 7 nitrogen and oxygen atoms in total. The summed E-state index contributed by atoms with van der Waals surface area (Å²) in [6.07, 6.45) is 2.87. The summed E-state index contributed by atoms with van der Waals surface area (Å²) in [5.41, 5.74) is 0.816. The number of likely N-dealkylation sites (tertiary alicyclic amines) is 1. The maximum Gasteiger partial charge on any atom is 0.231 e. The van der Waals surface area contributed by atoms with Gasteiger partial charge in [0.2, 0.25) is 12.7 Å². The van der Waals surface area contributed by atoms with Crippen molar-refractivity contribution in [3.63, 3.8) is 0 Å². The topological polar surface area (TPSA) is 88.5 Å². The lowest BCUT2D eigenvalue weighted by Crippen LogP contribution is -2.62. The molecule has 0 aromatic heterocycles. The quantitative estimate of drug-likeness (QED) is 0.772. The average Bonchev–Trinajstić information content (AvgIpc) is 3.17. The zero-order valence-electron chi connectivity index (χ0n) is 15.4. The SMILES string of the molecule is O=C(CCc1ccc2c(c1)OCO2)N1CCC2(CC1)C(O)CC2OCCO. The summed E-state index contributed by atoms with van der Waals surface area (Å²) in [7, 11) is 0. The Kier molecular flexibility index (Phi) is 5.25. The van der Waals surface area contributed by atoms with Crippen LogP contribution in [0, 0.1) is 5.41 Å². The summed E-state index contributed by atoms with van der Waals surface area (Å²) in [4.78, 5) is 14.5. The zero-order valence-corrected chi connectivity index (χ0v) is 15.4. The lowest BCUT2D eigenvalue weighted by Gasteiger charge is -2.56. The maximum atomic E-state index is 12.6. The number of piperidine rings is 1. The molecule has 2 unspecified atom stereocenters. The van der Waals surface area contributed by atoms with Crippen molar-refractivity contribution in [3.05, 3.63) is 23.8 Å². The minimum atomic E-state index is -0.368. The number of aryl methyl sites for hydroxylation is 1. The molecular weight excluding hydrogens is 350 g/mol. The molecule has 1 aromatic carbocycles. The molecule has 1 saturated carbocycles. The van der Waals surface area contributed by atoms with E-state index in [9.17, 15) is 9.90 Å². The van der Waals surface area contributed by atoms with E-state index in [-0.39, 0.29) is 36.9 Å². The second kappa shape index (κ2) is 7.66. The largest absolute Gasteiger partial charge is 0.454 e. The van der Waals surface area contributed by atoms with Crippen molar-refractivity contribution in [1.29, 1.82) is 0 Å². The van der Waals surface area contributed by atoms with Gasteiger partial charge in [0, 0.05) is 31.3 Å². The van der Waals surface area contributed by atoms with Crippen LogP contribution in [0.15, 0.2) is 18.2 Å². The van der Waals surface area contributed by atoms with Gasteiger partial charge in [0.1, 0.15) is 0 Å². The summed E-state index contributed by atoms with van der Waals surface area (Å²) in [5, 5.41) is 19.2. The highest BCUT2D eigenvalue weighted by Crippen LogP contribution is 2.51. The summed E-state index contributed by atoms with van der Waals surface area (Å²) in [6, 6.07) is 5.80. The van der Waals surface area contributed by atoms with Crippen LogP contribution >= 0.6 is 0 Å². The predicted octanol–water partition coefficient (Wildman–Crippen LogP) is 1.10. The molecule has 4 rings (SSSR count). The van der Waals surface area contributed by atoms with Gasteiger partial charge in [-0.05, 0) is 37.0 Å². The first-order valence-corrected chi connectivity index (χ1v) is 9.69. The fourth-order valence-electron chi connectivity index (χ4n) is 4.49. The lowest BCUT2D eigenvalue weighted by molar-refractivity contribution is -0.213. The lowest BCUT2D eigenvalue weighted by atomic mass is 9.58. The van der Waals surface area contributed by atoms with Crippen LogP contribution in [0.2, 0.25) is 0 Å². The molecule has 1 spiro atoms. The molecule has 2 aliphatic heterocycles. The van der Waals surface area contributed by atoms with Crippen LogP contribution in [0.3, 0.4) is 0 Å². The second-order valence-electron chi connectivity index (χ2n) is 7.64.